The molecule has 3 heteroatoms. The normalized spacial score (nSPS) is 23.2. The van der Waals surface area contributed by atoms with Crippen LogP contribution in [-0.2, 0) is 0 Å². The van der Waals surface area contributed by atoms with Gasteiger partial charge in [0.05, 0.1) is 5.03 Å². The molecule has 90 valence electrons. The van der Waals surface area contributed by atoms with Gasteiger partial charge in [0.1, 0.15) is 0 Å². The van der Waals surface area contributed by atoms with E-state index in [4.69, 9.17) is 11.6 Å². The lowest BCUT2D eigenvalue weighted by Crippen LogP contribution is -2.16. The van der Waals surface area contributed by atoms with Crippen molar-refractivity contribution in [2.45, 2.75) is 12.8 Å². The van der Waals surface area contributed by atoms with Gasteiger partial charge in [-0.05, 0) is 30.7 Å². The van der Waals surface area contributed by atoms with E-state index in [9.17, 15) is 8.78 Å². The van der Waals surface area contributed by atoms with E-state index in [1.165, 1.54) is 24.3 Å². The van der Waals surface area contributed by atoms with Gasteiger partial charge in [-0.1, -0.05) is 48.6 Å². The van der Waals surface area contributed by atoms with Crippen LogP contribution in [0.5, 0.6) is 0 Å². The third-order valence-electron chi connectivity index (χ3n) is 2.18. The molecule has 0 heterocycles. The first-order chi connectivity index (χ1) is 8.01. The molecule has 1 aliphatic rings. The standard InChI is InChI=1S/C14H13ClF2/c1-3-9-14(16,17)12-10-11(4-2)7-5-6-8-13(12)15/h3-10H,2H2,1H3/b6-5?,7-5?,8-6+,9-3+,11-7?,11-10?,12-10?,13-8?,13-12-. The minimum absolute atomic E-state index is 0.0248. The Morgan fingerprint density at radius 2 is 1.94 bits per heavy atom. The van der Waals surface area contributed by atoms with Crippen molar-refractivity contribution in [3.63, 3.8) is 0 Å². The van der Waals surface area contributed by atoms with E-state index in [1.54, 1.807) is 25.2 Å². The predicted molar refractivity (Wildman–Crippen MR) is 69.2 cm³/mol. The Balaban J connectivity index is 3.34. The summed E-state index contributed by atoms with van der Waals surface area (Å²) in [6, 6.07) is 0. The highest BCUT2D eigenvalue weighted by atomic mass is 35.5. The van der Waals surface area contributed by atoms with Gasteiger partial charge >= 0.3 is 0 Å². The molecule has 0 atom stereocenters. The first-order valence-corrected chi connectivity index (χ1v) is 5.50. The Bertz CT molecular complexity index is 449. The average molecular weight is 255 g/mol. The summed E-state index contributed by atoms with van der Waals surface area (Å²) >= 11 is 5.87. The molecule has 0 bridgehead atoms. The van der Waals surface area contributed by atoms with E-state index in [0.717, 1.165) is 6.08 Å². The summed E-state index contributed by atoms with van der Waals surface area (Å²) < 4.78 is 27.6. The molecule has 0 nitrogen and oxygen atoms in total. The van der Waals surface area contributed by atoms with Crippen molar-refractivity contribution < 1.29 is 8.78 Å². The third-order valence-corrected chi connectivity index (χ3v) is 2.51. The van der Waals surface area contributed by atoms with Crippen LogP contribution in [0.4, 0.5) is 8.78 Å². The van der Waals surface area contributed by atoms with Crippen molar-refractivity contribution in [3.8, 4) is 0 Å². The summed E-state index contributed by atoms with van der Waals surface area (Å²) in [5.41, 5.74) is 0.361. The zero-order valence-corrected chi connectivity index (χ0v) is 10.2. The first-order valence-electron chi connectivity index (χ1n) is 5.12. The lowest BCUT2D eigenvalue weighted by atomic mass is 10.0. The Morgan fingerprint density at radius 1 is 1.29 bits per heavy atom. The lowest BCUT2D eigenvalue weighted by Gasteiger charge is -2.16. The molecule has 0 aromatic rings. The van der Waals surface area contributed by atoms with Crippen molar-refractivity contribution in [3.05, 3.63) is 71.4 Å². The molecule has 0 unspecified atom stereocenters. The topological polar surface area (TPSA) is 0 Å². The summed E-state index contributed by atoms with van der Waals surface area (Å²) in [7, 11) is 0. The molecule has 0 saturated carbocycles. The van der Waals surface area contributed by atoms with Crippen molar-refractivity contribution in [1.29, 1.82) is 0 Å². The van der Waals surface area contributed by atoms with Crippen LogP contribution < -0.4 is 0 Å². The fourth-order valence-electron chi connectivity index (χ4n) is 1.36. The van der Waals surface area contributed by atoms with Crippen LogP contribution in [0.3, 0.4) is 0 Å². The van der Waals surface area contributed by atoms with Crippen LogP contribution in [-0.4, -0.2) is 5.92 Å². The number of hydrogen-bond donors (Lipinski definition) is 0. The summed E-state index contributed by atoms with van der Waals surface area (Å²) in [5, 5.41) is 0.0248. The quantitative estimate of drug-likeness (QED) is 0.627. The van der Waals surface area contributed by atoms with Gasteiger partial charge in [0.25, 0.3) is 5.92 Å². The average Bonchev–Trinajstić information content (AvgIpc) is 2.24. The summed E-state index contributed by atoms with van der Waals surface area (Å²) in [6.07, 6.45) is 11.4. The van der Waals surface area contributed by atoms with Crippen molar-refractivity contribution in [2.24, 2.45) is 0 Å². The Kier molecular flexibility index (Phi) is 4.64. The van der Waals surface area contributed by atoms with E-state index in [1.807, 2.05) is 0 Å². The zero-order chi connectivity index (χ0) is 12.9. The lowest BCUT2D eigenvalue weighted by molar-refractivity contribution is 0.101. The summed E-state index contributed by atoms with van der Waals surface area (Å²) in [5.74, 6) is -3.09. The molecule has 0 aromatic carbocycles. The molecular weight excluding hydrogens is 242 g/mol. The van der Waals surface area contributed by atoms with Gasteiger partial charge < -0.3 is 0 Å². The van der Waals surface area contributed by atoms with Crippen LogP contribution in [0, 0.1) is 0 Å². The number of halogens is 3. The Morgan fingerprint density at radius 3 is 2.53 bits per heavy atom. The van der Waals surface area contributed by atoms with Gasteiger partial charge in [0, 0.05) is 5.57 Å². The van der Waals surface area contributed by atoms with Gasteiger partial charge in [-0.15, -0.1) is 0 Å². The highest BCUT2D eigenvalue weighted by molar-refractivity contribution is 6.32. The molecule has 0 aromatic heterocycles. The van der Waals surface area contributed by atoms with Crippen LogP contribution in [0.1, 0.15) is 6.92 Å². The van der Waals surface area contributed by atoms with Crippen LogP contribution in [0.15, 0.2) is 71.4 Å². The van der Waals surface area contributed by atoms with E-state index in [2.05, 4.69) is 6.58 Å². The molecule has 0 amide bonds. The molecule has 0 fully saturated rings. The van der Waals surface area contributed by atoms with Crippen LogP contribution in [0.2, 0.25) is 0 Å². The Labute approximate surface area is 105 Å². The minimum Gasteiger partial charge on any atom is -0.196 e. The fourth-order valence-corrected chi connectivity index (χ4v) is 1.61. The summed E-state index contributed by atoms with van der Waals surface area (Å²) in [4.78, 5) is 0. The molecule has 0 N–H and O–H groups in total. The molecular formula is C14H13ClF2. The largest absolute Gasteiger partial charge is 0.293 e. The van der Waals surface area contributed by atoms with Gasteiger partial charge in [-0.3, -0.25) is 0 Å². The van der Waals surface area contributed by atoms with E-state index < -0.39 is 5.92 Å². The monoisotopic (exact) mass is 254 g/mol. The second-order valence-electron chi connectivity index (χ2n) is 3.45. The maximum atomic E-state index is 13.8. The number of allylic oxidation sites excluding steroid dienone is 11. The first kappa shape index (κ1) is 13.7. The van der Waals surface area contributed by atoms with Crippen molar-refractivity contribution >= 4 is 11.6 Å². The maximum Gasteiger partial charge on any atom is 0.293 e. The predicted octanol–water partition coefficient (Wildman–Crippen LogP) is 4.93. The molecule has 0 spiro atoms. The highest BCUT2D eigenvalue weighted by Gasteiger charge is 2.31. The highest BCUT2D eigenvalue weighted by Crippen LogP contribution is 2.33. The van der Waals surface area contributed by atoms with E-state index in [-0.39, 0.29) is 10.6 Å². The molecule has 0 aliphatic heterocycles. The third kappa shape index (κ3) is 3.53. The summed E-state index contributed by atoms with van der Waals surface area (Å²) in [6.45, 7) is 5.11. The second kappa shape index (κ2) is 5.78. The zero-order valence-electron chi connectivity index (χ0n) is 9.46. The SMILES string of the molecule is C=CC1=C/C(C(F)(F)/C=C/C)=C(Cl)\C=C\C=C1. The van der Waals surface area contributed by atoms with Crippen LogP contribution >= 0.6 is 11.6 Å². The molecule has 0 radical (unpaired) electrons. The Hall–Kier alpha value is -1.41. The van der Waals surface area contributed by atoms with Gasteiger partial charge in [0.2, 0.25) is 0 Å². The fraction of sp³-hybridized carbons (Fsp3) is 0.143. The molecule has 1 rings (SSSR count). The minimum atomic E-state index is -3.09. The van der Waals surface area contributed by atoms with Crippen molar-refractivity contribution in [2.75, 3.05) is 0 Å². The second-order valence-corrected chi connectivity index (χ2v) is 3.86. The number of alkyl halides is 2. The van der Waals surface area contributed by atoms with Crippen LogP contribution in [0.25, 0.3) is 0 Å². The smallest absolute Gasteiger partial charge is 0.196 e. The molecule has 0 saturated heterocycles. The number of hydrogen-bond acceptors (Lipinski definition) is 0. The van der Waals surface area contributed by atoms with Gasteiger partial charge in [-0.2, -0.15) is 8.78 Å². The molecule has 17 heavy (non-hydrogen) atoms. The maximum absolute atomic E-state index is 13.8. The van der Waals surface area contributed by atoms with E-state index in [0.29, 0.717) is 5.57 Å². The van der Waals surface area contributed by atoms with E-state index >= 15 is 0 Å². The van der Waals surface area contributed by atoms with Crippen molar-refractivity contribution in [1.82, 2.24) is 0 Å². The molecule has 1 aliphatic carbocycles. The number of rotatable bonds is 3. The van der Waals surface area contributed by atoms with Gasteiger partial charge in [-0.25, -0.2) is 0 Å². The van der Waals surface area contributed by atoms with Gasteiger partial charge in [0.15, 0.2) is 0 Å².